The molecule has 13 heavy (non-hydrogen) atoms. The van der Waals surface area contributed by atoms with E-state index in [-0.39, 0.29) is 0 Å². The van der Waals surface area contributed by atoms with Gasteiger partial charge in [0, 0.05) is 19.3 Å². The van der Waals surface area contributed by atoms with Crippen molar-refractivity contribution in [2.45, 2.75) is 44.6 Å². The third kappa shape index (κ3) is 2.44. The first-order chi connectivity index (χ1) is 6.36. The van der Waals surface area contributed by atoms with Crippen LogP contribution in [0.5, 0.6) is 0 Å². The van der Waals surface area contributed by atoms with E-state index >= 15 is 0 Å². The standard InChI is InChI=1S/C11H21NO/c12-11(8-9-2-1-3-9)10-4-6-13-7-5-10/h9-11H,1-8,12H2. The number of hydrogen-bond acceptors (Lipinski definition) is 2. The highest BCUT2D eigenvalue weighted by Crippen LogP contribution is 2.32. The van der Waals surface area contributed by atoms with Crippen molar-refractivity contribution in [2.75, 3.05) is 13.2 Å². The molecule has 1 saturated heterocycles. The van der Waals surface area contributed by atoms with Gasteiger partial charge < -0.3 is 10.5 Å². The monoisotopic (exact) mass is 183 g/mol. The van der Waals surface area contributed by atoms with Gasteiger partial charge in [-0.15, -0.1) is 0 Å². The molecule has 2 heteroatoms. The molecule has 1 aliphatic heterocycles. The molecular weight excluding hydrogens is 162 g/mol. The van der Waals surface area contributed by atoms with E-state index in [1.54, 1.807) is 0 Å². The van der Waals surface area contributed by atoms with Gasteiger partial charge in [0.05, 0.1) is 0 Å². The molecule has 2 rings (SSSR count). The van der Waals surface area contributed by atoms with Gasteiger partial charge >= 0.3 is 0 Å². The zero-order valence-electron chi connectivity index (χ0n) is 8.37. The lowest BCUT2D eigenvalue weighted by Crippen LogP contribution is -2.37. The molecule has 1 heterocycles. The second-order valence-electron chi connectivity index (χ2n) is 4.65. The summed E-state index contributed by atoms with van der Waals surface area (Å²) in [7, 11) is 0. The highest BCUT2D eigenvalue weighted by Gasteiger charge is 2.26. The Hall–Kier alpha value is -0.0800. The second kappa shape index (κ2) is 4.43. The summed E-state index contributed by atoms with van der Waals surface area (Å²) < 4.78 is 5.34. The Bertz CT molecular complexity index is 150. The minimum Gasteiger partial charge on any atom is -0.381 e. The summed E-state index contributed by atoms with van der Waals surface area (Å²) in [6, 6.07) is 0.453. The summed E-state index contributed by atoms with van der Waals surface area (Å²) in [6.07, 6.45) is 7.94. The van der Waals surface area contributed by atoms with Gasteiger partial charge in [0.1, 0.15) is 0 Å². The van der Waals surface area contributed by atoms with E-state index in [1.165, 1.54) is 38.5 Å². The molecule has 0 amide bonds. The predicted octanol–water partition coefficient (Wildman–Crippen LogP) is 1.93. The molecule has 2 nitrogen and oxygen atoms in total. The van der Waals surface area contributed by atoms with Crippen LogP contribution >= 0.6 is 0 Å². The van der Waals surface area contributed by atoms with Crippen LogP contribution in [0.3, 0.4) is 0 Å². The van der Waals surface area contributed by atoms with Gasteiger partial charge in [0.15, 0.2) is 0 Å². The Labute approximate surface area is 80.8 Å². The summed E-state index contributed by atoms with van der Waals surface area (Å²) in [5, 5.41) is 0. The molecule has 0 aromatic carbocycles. The van der Waals surface area contributed by atoms with E-state index in [1.807, 2.05) is 0 Å². The van der Waals surface area contributed by atoms with E-state index in [2.05, 4.69) is 0 Å². The molecule has 1 saturated carbocycles. The quantitative estimate of drug-likeness (QED) is 0.725. The van der Waals surface area contributed by atoms with Crippen molar-refractivity contribution in [3.63, 3.8) is 0 Å². The molecule has 0 aromatic rings. The number of hydrogen-bond donors (Lipinski definition) is 1. The molecule has 0 radical (unpaired) electrons. The molecule has 0 bridgehead atoms. The predicted molar refractivity (Wildman–Crippen MR) is 53.5 cm³/mol. The lowest BCUT2D eigenvalue weighted by atomic mass is 9.77. The minimum atomic E-state index is 0.453. The van der Waals surface area contributed by atoms with Gasteiger partial charge in [-0.3, -0.25) is 0 Å². The molecule has 1 atom stereocenters. The molecule has 2 aliphatic rings. The number of rotatable bonds is 3. The summed E-state index contributed by atoms with van der Waals surface area (Å²) >= 11 is 0. The topological polar surface area (TPSA) is 35.2 Å². The number of nitrogens with two attached hydrogens (primary N) is 1. The molecule has 1 unspecified atom stereocenters. The molecule has 1 aliphatic carbocycles. The van der Waals surface area contributed by atoms with E-state index in [4.69, 9.17) is 10.5 Å². The lowest BCUT2D eigenvalue weighted by molar-refractivity contribution is 0.0534. The van der Waals surface area contributed by atoms with Crippen molar-refractivity contribution in [1.29, 1.82) is 0 Å². The third-order valence-electron chi connectivity index (χ3n) is 3.70. The van der Waals surface area contributed by atoms with Crippen molar-refractivity contribution < 1.29 is 4.74 Å². The molecule has 2 N–H and O–H groups in total. The normalized spacial score (nSPS) is 28.4. The molecule has 2 fully saturated rings. The molecule has 0 spiro atoms. The molecule has 76 valence electrons. The van der Waals surface area contributed by atoms with Crippen molar-refractivity contribution in [3.05, 3.63) is 0 Å². The van der Waals surface area contributed by atoms with E-state index in [0.29, 0.717) is 6.04 Å². The van der Waals surface area contributed by atoms with Crippen molar-refractivity contribution in [3.8, 4) is 0 Å². The molecular formula is C11H21NO. The first-order valence-electron chi connectivity index (χ1n) is 5.69. The summed E-state index contributed by atoms with van der Waals surface area (Å²) in [4.78, 5) is 0. The van der Waals surface area contributed by atoms with E-state index < -0.39 is 0 Å². The zero-order valence-corrected chi connectivity index (χ0v) is 8.37. The Kier molecular flexibility index (Phi) is 3.23. The van der Waals surface area contributed by atoms with Gasteiger partial charge in [-0.1, -0.05) is 19.3 Å². The van der Waals surface area contributed by atoms with Crippen molar-refractivity contribution in [2.24, 2.45) is 17.6 Å². The van der Waals surface area contributed by atoms with Gasteiger partial charge in [0.2, 0.25) is 0 Å². The Morgan fingerprint density at radius 1 is 1.15 bits per heavy atom. The van der Waals surface area contributed by atoms with Gasteiger partial charge in [-0.2, -0.15) is 0 Å². The minimum absolute atomic E-state index is 0.453. The van der Waals surface area contributed by atoms with Crippen molar-refractivity contribution in [1.82, 2.24) is 0 Å². The van der Waals surface area contributed by atoms with Gasteiger partial charge in [-0.05, 0) is 31.1 Å². The highest BCUT2D eigenvalue weighted by atomic mass is 16.5. The summed E-state index contributed by atoms with van der Waals surface area (Å²) in [5.74, 6) is 1.70. The van der Waals surface area contributed by atoms with E-state index in [9.17, 15) is 0 Å². The summed E-state index contributed by atoms with van der Waals surface area (Å²) in [5.41, 5.74) is 6.20. The maximum atomic E-state index is 6.20. The van der Waals surface area contributed by atoms with Gasteiger partial charge in [-0.25, -0.2) is 0 Å². The van der Waals surface area contributed by atoms with E-state index in [0.717, 1.165) is 25.0 Å². The first-order valence-corrected chi connectivity index (χ1v) is 5.69. The Morgan fingerprint density at radius 3 is 2.38 bits per heavy atom. The largest absolute Gasteiger partial charge is 0.381 e. The molecule has 0 aromatic heterocycles. The average Bonchev–Trinajstić information content (AvgIpc) is 2.12. The Balaban J connectivity index is 1.70. The second-order valence-corrected chi connectivity index (χ2v) is 4.65. The van der Waals surface area contributed by atoms with Crippen LogP contribution in [0.1, 0.15) is 38.5 Å². The number of ether oxygens (including phenoxy) is 1. The van der Waals surface area contributed by atoms with Crippen LogP contribution in [0.2, 0.25) is 0 Å². The van der Waals surface area contributed by atoms with Crippen LogP contribution in [0.25, 0.3) is 0 Å². The van der Waals surface area contributed by atoms with Crippen LogP contribution in [0.4, 0.5) is 0 Å². The van der Waals surface area contributed by atoms with Crippen LogP contribution in [0, 0.1) is 11.8 Å². The van der Waals surface area contributed by atoms with Gasteiger partial charge in [0.25, 0.3) is 0 Å². The Morgan fingerprint density at radius 2 is 1.85 bits per heavy atom. The summed E-state index contributed by atoms with van der Waals surface area (Å²) in [6.45, 7) is 1.87. The first kappa shape index (κ1) is 9.47. The average molecular weight is 183 g/mol. The fourth-order valence-electron chi connectivity index (χ4n) is 2.45. The third-order valence-corrected chi connectivity index (χ3v) is 3.70. The van der Waals surface area contributed by atoms with Crippen LogP contribution < -0.4 is 5.73 Å². The fourth-order valence-corrected chi connectivity index (χ4v) is 2.45. The lowest BCUT2D eigenvalue weighted by Gasteiger charge is -2.33. The van der Waals surface area contributed by atoms with Crippen LogP contribution in [-0.2, 0) is 4.74 Å². The SMILES string of the molecule is NC(CC1CCC1)C1CCOCC1. The maximum absolute atomic E-state index is 6.20. The van der Waals surface area contributed by atoms with Crippen LogP contribution in [0.15, 0.2) is 0 Å². The maximum Gasteiger partial charge on any atom is 0.0469 e. The zero-order chi connectivity index (χ0) is 9.10. The fraction of sp³-hybridized carbons (Fsp3) is 1.00. The highest BCUT2D eigenvalue weighted by molar-refractivity contribution is 4.81. The van der Waals surface area contributed by atoms with Crippen LogP contribution in [-0.4, -0.2) is 19.3 Å². The smallest absolute Gasteiger partial charge is 0.0469 e. The van der Waals surface area contributed by atoms with Crippen molar-refractivity contribution >= 4 is 0 Å².